The highest BCUT2D eigenvalue weighted by Gasteiger charge is 2.22. The summed E-state index contributed by atoms with van der Waals surface area (Å²) in [6.07, 6.45) is 0.169. The molecule has 0 spiro atoms. The lowest BCUT2D eigenvalue weighted by atomic mass is 10.00. The second-order valence-electron chi connectivity index (χ2n) is 8.12. The van der Waals surface area contributed by atoms with Crippen molar-refractivity contribution in [2.24, 2.45) is 0 Å². The van der Waals surface area contributed by atoms with Crippen molar-refractivity contribution in [1.82, 2.24) is 4.90 Å². The summed E-state index contributed by atoms with van der Waals surface area (Å²) in [7, 11) is 0. The molecule has 0 fully saturated rings. The number of carbonyl (C=O) groups excluding carboxylic acids is 3. The number of esters is 1. The molecule has 7 nitrogen and oxygen atoms in total. The molecule has 0 atom stereocenters. The van der Waals surface area contributed by atoms with E-state index in [9.17, 15) is 14.4 Å². The topological polar surface area (TPSA) is 84.9 Å². The van der Waals surface area contributed by atoms with Gasteiger partial charge in [-0.2, -0.15) is 0 Å². The zero-order valence-electron chi connectivity index (χ0n) is 17.4. The number of fused-ring (bicyclic) bond motifs is 1. The van der Waals surface area contributed by atoms with Gasteiger partial charge in [0.2, 0.25) is 0 Å². The van der Waals surface area contributed by atoms with E-state index in [1.54, 1.807) is 43.9 Å². The third-order valence-corrected chi connectivity index (χ3v) is 4.55. The van der Waals surface area contributed by atoms with Crippen molar-refractivity contribution in [3.63, 3.8) is 0 Å². The van der Waals surface area contributed by atoms with Gasteiger partial charge in [0.25, 0.3) is 5.91 Å². The molecule has 3 rings (SSSR count). The number of hydrogen-bond acceptors (Lipinski definition) is 5. The van der Waals surface area contributed by atoms with Gasteiger partial charge in [0, 0.05) is 18.8 Å². The molecule has 1 aliphatic rings. The average Bonchev–Trinajstić information content (AvgIpc) is 2.70. The lowest BCUT2D eigenvalue weighted by Gasteiger charge is -2.28. The Bertz CT molecular complexity index is 949. The van der Waals surface area contributed by atoms with Gasteiger partial charge in [-0.05, 0) is 56.5 Å². The number of nitrogens with zero attached hydrogens (tertiary/aromatic N) is 1. The smallest absolute Gasteiger partial charge is 0.412 e. The molecule has 2 amide bonds. The highest BCUT2D eigenvalue weighted by Crippen LogP contribution is 2.19. The fraction of sp³-hybridized carbons (Fsp3) is 0.348. The number of anilines is 1. The molecule has 158 valence electrons. The van der Waals surface area contributed by atoms with Crippen molar-refractivity contribution in [2.45, 2.75) is 39.3 Å². The number of benzene rings is 2. The molecule has 1 heterocycles. The monoisotopic (exact) mass is 410 g/mol. The Morgan fingerprint density at radius 2 is 1.77 bits per heavy atom. The fourth-order valence-electron chi connectivity index (χ4n) is 3.16. The van der Waals surface area contributed by atoms with Crippen molar-refractivity contribution in [1.29, 1.82) is 0 Å². The second-order valence-corrected chi connectivity index (χ2v) is 8.12. The molecule has 0 aromatic heterocycles. The molecule has 1 aliphatic heterocycles. The Morgan fingerprint density at radius 1 is 1.03 bits per heavy atom. The third kappa shape index (κ3) is 5.83. The van der Waals surface area contributed by atoms with E-state index in [1.807, 2.05) is 18.2 Å². The largest absolute Gasteiger partial charge is 0.452 e. The molecular formula is C23H26N2O5. The zero-order chi connectivity index (χ0) is 21.7. The van der Waals surface area contributed by atoms with Gasteiger partial charge in [-0.15, -0.1) is 0 Å². The zero-order valence-corrected chi connectivity index (χ0v) is 17.4. The number of ether oxygens (including phenoxy) is 2. The molecule has 0 unspecified atom stereocenters. The van der Waals surface area contributed by atoms with E-state index < -0.39 is 17.7 Å². The summed E-state index contributed by atoms with van der Waals surface area (Å²) in [6.45, 7) is 6.07. The normalized spacial score (nSPS) is 13.2. The molecular weight excluding hydrogens is 384 g/mol. The lowest BCUT2D eigenvalue weighted by molar-refractivity contribution is -0.135. The van der Waals surface area contributed by atoms with E-state index in [4.69, 9.17) is 9.47 Å². The van der Waals surface area contributed by atoms with Gasteiger partial charge in [0.05, 0.1) is 5.56 Å². The van der Waals surface area contributed by atoms with Gasteiger partial charge in [-0.25, -0.2) is 9.59 Å². The van der Waals surface area contributed by atoms with Crippen LogP contribution in [0.2, 0.25) is 0 Å². The van der Waals surface area contributed by atoms with E-state index in [-0.39, 0.29) is 18.1 Å². The highest BCUT2D eigenvalue weighted by molar-refractivity contribution is 5.93. The van der Waals surface area contributed by atoms with Crippen LogP contribution in [0.3, 0.4) is 0 Å². The predicted molar refractivity (Wildman–Crippen MR) is 112 cm³/mol. The van der Waals surface area contributed by atoms with Crippen molar-refractivity contribution in [3.8, 4) is 0 Å². The first-order valence-corrected chi connectivity index (χ1v) is 9.83. The minimum absolute atomic E-state index is 0.235. The van der Waals surface area contributed by atoms with Crippen LogP contribution in [0.5, 0.6) is 0 Å². The Morgan fingerprint density at radius 3 is 2.50 bits per heavy atom. The molecule has 0 bridgehead atoms. The number of carbonyl (C=O) groups is 3. The number of rotatable bonds is 4. The Kier molecular flexibility index (Phi) is 6.40. The van der Waals surface area contributed by atoms with Gasteiger partial charge >= 0.3 is 12.1 Å². The maximum absolute atomic E-state index is 12.5. The minimum Gasteiger partial charge on any atom is -0.452 e. The van der Waals surface area contributed by atoms with Gasteiger partial charge < -0.3 is 14.4 Å². The Balaban J connectivity index is 1.54. The van der Waals surface area contributed by atoms with Crippen LogP contribution < -0.4 is 5.32 Å². The van der Waals surface area contributed by atoms with Crippen molar-refractivity contribution in [3.05, 3.63) is 65.2 Å². The molecule has 0 saturated heterocycles. The summed E-state index contributed by atoms with van der Waals surface area (Å²) < 4.78 is 10.4. The summed E-state index contributed by atoms with van der Waals surface area (Å²) in [5.41, 5.74) is 2.37. The highest BCUT2D eigenvalue weighted by atomic mass is 16.6. The number of hydrogen-bond donors (Lipinski definition) is 1. The molecule has 30 heavy (non-hydrogen) atoms. The Hall–Kier alpha value is -3.35. The van der Waals surface area contributed by atoms with Crippen LogP contribution in [0, 0.1) is 0 Å². The summed E-state index contributed by atoms with van der Waals surface area (Å²) >= 11 is 0. The van der Waals surface area contributed by atoms with E-state index >= 15 is 0 Å². The van der Waals surface area contributed by atoms with Crippen molar-refractivity contribution >= 4 is 23.7 Å². The Labute approximate surface area is 176 Å². The number of amides is 2. The summed E-state index contributed by atoms with van der Waals surface area (Å²) in [4.78, 5) is 38.4. The van der Waals surface area contributed by atoms with Crippen LogP contribution in [0.15, 0.2) is 48.5 Å². The summed E-state index contributed by atoms with van der Waals surface area (Å²) in [5, 5.41) is 2.58. The van der Waals surface area contributed by atoms with E-state index in [1.165, 1.54) is 11.6 Å². The maximum Gasteiger partial charge on any atom is 0.412 e. The maximum atomic E-state index is 12.5. The van der Waals surface area contributed by atoms with Crippen LogP contribution in [0.1, 0.15) is 42.3 Å². The van der Waals surface area contributed by atoms with Crippen LogP contribution >= 0.6 is 0 Å². The molecule has 0 radical (unpaired) electrons. The van der Waals surface area contributed by atoms with Gasteiger partial charge in [-0.1, -0.05) is 30.3 Å². The standard InChI is InChI=1S/C23H26N2O5/c1-23(2,3)30-22(28)24-19-10-6-9-17(13-19)21(27)29-15-20(26)25-12-11-16-7-4-5-8-18(16)14-25/h4-10,13H,11-12,14-15H2,1-3H3,(H,24,28). The third-order valence-electron chi connectivity index (χ3n) is 4.55. The lowest BCUT2D eigenvalue weighted by Crippen LogP contribution is -2.38. The first-order valence-electron chi connectivity index (χ1n) is 9.83. The van der Waals surface area contributed by atoms with Crippen molar-refractivity contribution < 1.29 is 23.9 Å². The van der Waals surface area contributed by atoms with Gasteiger partial charge in [-0.3, -0.25) is 10.1 Å². The molecule has 0 aliphatic carbocycles. The number of nitrogens with one attached hydrogen (secondary N) is 1. The SMILES string of the molecule is CC(C)(C)OC(=O)Nc1cccc(C(=O)OCC(=O)N2CCc3ccccc3C2)c1. The van der Waals surface area contributed by atoms with Gasteiger partial charge in [0.15, 0.2) is 6.61 Å². The predicted octanol–water partition coefficient (Wildman–Crippen LogP) is 3.78. The average molecular weight is 410 g/mol. The summed E-state index contributed by atoms with van der Waals surface area (Å²) in [6, 6.07) is 14.3. The fourth-order valence-corrected chi connectivity index (χ4v) is 3.16. The molecule has 1 N–H and O–H groups in total. The quantitative estimate of drug-likeness (QED) is 0.776. The van der Waals surface area contributed by atoms with Crippen LogP contribution in [0.4, 0.5) is 10.5 Å². The first-order chi connectivity index (χ1) is 14.2. The van der Waals surface area contributed by atoms with Crippen LogP contribution in [-0.4, -0.2) is 41.6 Å². The van der Waals surface area contributed by atoms with E-state index in [0.717, 1.165) is 12.0 Å². The van der Waals surface area contributed by atoms with Crippen LogP contribution in [-0.2, 0) is 27.2 Å². The van der Waals surface area contributed by atoms with E-state index in [2.05, 4.69) is 11.4 Å². The molecule has 0 saturated carbocycles. The van der Waals surface area contributed by atoms with Crippen LogP contribution in [0.25, 0.3) is 0 Å². The van der Waals surface area contributed by atoms with E-state index in [0.29, 0.717) is 18.8 Å². The van der Waals surface area contributed by atoms with Gasteiger partial charge in [0.1, 0.15) is 5.60 Å². The second kappa shape index (κ2) is 8.98. The first kappa shape index (κ1) is 21.4. The summed E-state index contributed by atoms with van der Waals surface area (Å²) in [5.74, 6) is -0.866. The molecule has 2 aromatic rings. The molecule has 2 aromatic carbocycles. The minimum atomic E-state index is -0.631. The molecule has 7 heteroatoms. The van der Waals surface area contributed by atoms with Crippen molar-refractivity contribution in [2.75, 3.05) is 18.5 Å².